The van der Waals surface area contributed by atoms with E-state index in [-0.39, 0.29) is 18.5 Å². The minimum absolute atomic E-state index is 0.149. The molecule has 5 heteroatoms. The van der Waals surface area contributed by atoms with Gasteiger partial charge in [0.25, 0.3) is 0 Å². The normalized spacial score (nSPS) is 52.0. The summed E-state index contributed by atoms with van der Waals surface area (Å²) < 4.78 is 17.9. The standard InChI is InChI=1S/C17H29NO4/c1-11-12-9-13(19)17(10-18-7-5-3-4-6-8-18)14(12)16(20-2)21-15(11)22-17/h11-16,19H,3-10H2,1-2H3/t11?,12?,13-,14?,15?,16?,17?/m1/s1. The fourth-order valence-corrected chi connectivity index (χ4v) is 5.31. The molecule has 5 rings (SSSR count). The van der Waals surface area contributed by atoms with Gasteiger partial charge in [-0.1, -0.05) is 19.8 Å². The predicted octanol–water partition coefficient (Wildman–Crippen LogP) is 1.59. The van der Waals surface area contributed by atoms with Gasteiger partial charge < -0.3 is 24.2 Å². The van der Waals surface area contributed by atoms with Crippen molar-refractivity contribution in [3.63, 3.8) is 0 Å². The Labute approximate surface area is 132 Å². The second-order valence-electron chi connectivity index (χ2n) is 7.67. The topological polar surface area (TPSA) is 51.2 Å². The van der Waals surface area contributed by atoms with E-state index in [0.717, 1.165) is 26.1 Å². The highest BCUT2D eigenvalue weighted by atomic mass is 16.8. The number of hydrogen-bond acceptors (Lipinski definition) is 5. The number of rotatable bonds is 3. The molecule has 5 aliphatic rings. The van der Waals surface area contributed by atoms with Gasteiger partial charge in [-0.3, -0.25) is 0 Å². The maximum absolute atomic E-state index is 10.8. The van der Waals surface area contributed by atoms with Gasteiger partial charge in [-0.2, -0.15) is 0 Å². The number of hydrogen-bond donors (Lipinski definition) is 1. The number of aliphatic hydroxyl groups is 1. The van der Waals surface area contributed by atoms with Gasteiger partial charge in [-0.05, 0) is 38.3 Å². The third kappa shape index (κ3) is 2.17. The first-order valence-corrected chi connectivity index (χ1v) is 8.92. The lowest BCUT2D eigenvalue weighted by atomic mass is 9.73. The average Bonchev–Trinajstić information content (AvgIpc) is 2.68. The fourth-order valence-electron chi connectivity index (χ4n) is 5.31. The van der Waals surface area contributed by atoms with Crippen molar-refractivity contribution in [3.05, 3.63) is 0 Å². The van der Waals surface area contributed by atoms with Gasteiger partial charge in [0.05, 0.1) is 6.10 Å². The van der Waals surface area contributed by atoms with Crippen LogP contribution in [0.3, 0.4) is 0 Å². The van der Waals surface area contributed by atoms with Gasteiger partial charge >= 0.3 is 0 Å². The molecule has 4 aliphatic heterocycles. The molecule has 7 atom stereocenters. The van der Waals surface area contributed by atoms with Crippen LogP contribution in [-0.4, -0.2) is 61.0 Å². The Morgan fingerprint density at radius 1 is 1.23 bits per heavy atom. The van der Waals surface area contributed by atoms with Crippen molar-refractivity contribution < 1.29 is 19.3 Å². The van der Waals surface area contributed by atoms with Crippen LogP contribution in [0.4, 0.5) is 0 Å². The van der Waals surface area contributed by atoms with Crippen LogP contribution in [0.2, 0.25) is 0 Å². The summed E-state index contributed by atoms with van der Waals surface area (Å²) in [6.45, 7) is 5.24. The van der Waals surface area contributed by atoms with Crippen molar-refractivity contribution in [2.75, 3.05) is 26.7 Å². The molecular weight excluding hydrogens is 282 g/mol. The number of aliphatic hydroxyl groups excluding tert-OH is 1. The van der Waals surface area contributed by atoms with E-state index in [9.17, 15) is 5.11 Å². The quantitative estimate of drug-likeness (QED) is 0.858. The Balaban J connectivity index is 1.60. The zero-order valence-electron chi connectivity index (χ0n) is 13.7. The van der Waals surface area contributed by atoms with Crippen molar-refractivity contribution in [2.24, 2.45) is 17.8 Å². The van der Waals surface area contributed by atoms with Crippen molar-refractivity contribution >= 4 is 0 Å². The Morgan fingerprint density at radius 3 is 2.64 bits per heavy atom. The third-order valence-electron chi connectivity index (χ3n) is 6.49. The lowest BCUT2D eigenvalue weighted by Gasteiger charge is -2.56. The first-order valence-electron chi connectivity index (χ1n) is 8.92. The van der Waals surface area contributed by atoms with Crippen molar-refractivity contribution in [1.82, 2.24) is 4.90 Å². The largest absolute Gasteiger partial charge is 0.390 e. The highest BCUT2D eigenvalue weighted by Crippen LogP contribution is 2.58. The summed E-state index contributed by atoms with van der Waals surface area (Å²) in [5.41, 5.74) is -0.495. The van der Waals surface area contributed by atoms with E-state index in [0.29, 0.717) is 11.8 Å². The van der Waals surface area contributed by atoms with E-state index < -0.39 is 11.7 Å². The lowest BCUT2D eigenvalue weighted by molar-refractivity contribution is -0.410. The van der Waals surface area contributed by atoms with Crippen LogP contribution < -0.4 is 0 Å². The monoisotopic (exact) mass is 311 g/mol. The fraction of sp³-hybridized carbons (Fsp3) is 1.00. The van der Waals surface area contributed by atoms with E-state index in [2.05, 4.69) is 11.8 Å². The molecule has 0 spiro atoms. The number of likely N-dealkylation sites (tertiary alicyclic amines) is 1. The highest BCUT2D eigenvalue weighted by molar-refractivity contribution is 5.13. The maximum atomic E-state index is 10.8. The molecule has 0 radical (unpaired) electrons. The van der Waals surface area contributed by atoms with Crippen molar-refractivity contribution in [1.29, 1.82) is 0 Å². The van der Waals surface area contributed by atoms with Crippen LogP contribution in [0.5, 0.6) is 0 Å². The predicted molar refractivity (Wildman–Crippen MR) is 81.2 cm³/mol. The Morgan fingerprint density at radius 2 is 1.95 bits per heavy atom. The van der Waals surface area contributed by atoms with Crippen LogP contribution in [0.25, 0.3) is 0 Å². The van der Waals surface area contributed by atoms with Gasteiger partial charge in [0.2, 0.25) is 0 Å². The molecule has 4 bridgehead atoms. The zero-order chi connectivity index (χ0) is 15.3. The SMILES string of the molecule is COC1OC2OC3(CN4CCCCCC4)C1C(C[C@H]3O)C2C. The Bertz CT molecular complexity index is 411. The molecule has 0 aromatic rings. The number of fused-ring (bicyclic) bond motifs is 1. The third-order valence-corrected chi connectivity index (χ3v) is 6.49. The summed E-state index contributed by atoms with van der Waals surface area (Å²) in [6.07, 6.45) is 5.10. The van der Waals surface area contributed by atoms with Crippen LogP contribution in [0.1, 0.15) is 39.0 Å². The molecule has 126 valence electrons. The lowest BCUT2D eigenvalue weighted by Crippen LogP contribution is -2.68. The number of nitrogens with zero attached hydrogens (tertiary/aromatic N) is 1. The summed E-state index contributed by atoms with van der Waals surface area (Å²) in [7, 11) is 1.71. The summed E-state index contributed by atoms with van der Waals surface area (Å²) in [6, 6.07) is 0. The second-order valence-corrected chi connectivity index (χ2v) is 7.67. The van der Waals surface area contributed by atoms with Gasteiger partial charge in [0, 0.05) is 25.5 Å². The Kier molecular flexibility index (Phi) is 3.98. The van der Waals surface area contributed by atoms with Crippen LogP contribution in [0, 0.1) is 17.8 Å². The molecule has 6 unspecified atom stereocenters. The van der Waals surface area contributed by atoms with E-state index in [1.54, 1.807) is 7.11 Å². The summed E-state index contributed by atoms with van der Waals surface area (Å²) in [5.74, 6) is 0.931. The smallest absolute Gasteiger partial charge is 0.166 e. The van der Waals surface area contributed by atoms with Crippen LogP contribution in [0.15, 0.2) is 0 Å². The molecule has 4 saturated heterocycles. The van der Waals surface area contributed by atoms with Gasteiger partial charge in [0.1, 0.15) is 5.60 Å². The summed E-state index contributed by atoms with van der Waals surface area (Å²) in [5, 5.41) is 10.8. The second kappa shape index (κ2) is 5.71. The summed E-state index contributed by atoms with van der Waals surface area (Å²) >= 11 is 0. The number of methoxy groups -OCH3 is 1. The maximum Gasteiger partial charge on any atom is 0.166 e. The highest BCUT2D eigenvalue weighted by Gasteiger charge is 2.69. The van der Waals surface area contributed by atoms with Crippen molar-refractivity contribution in [2.45, 2.75) is 63.3 Å². The van der Waals surface area contributed by atoms with E-state index >= 15 is 0 Å². The first-order chi connectivity index (χ1) is 10.7. The molecule has 1 saturated carbocycles. The minimum atomic E-state index is -0.495. The first kappa shape index (κ1) is 15.3. The Hall–Kier alpha value is -0.200. The van der Waals surface area contributed by atoms with E-state index in [1.165, 1.54) is 25.7 Å². The molecule has 0 amide bonds. The molecular formula is C17H29NO4. The molecule has 0 aromatic carbocycles. The molecule has 5 nitrogen and oxygen atoms in total. The van der Waals surface area contributed by atoms with Crippen LogP contribution in [-0.2, 0) is 14.2 Å². The van der Waals surface area contributed by atoms with Gasteiger partial charge in [-0.15, -0.1) is 0 Å². The summed E-state index contributed by atoms with van der Waals surface area (Å²) in [4.78, 5) is 2.50. The number of ether oxygens (including phenoxy) is 3. The molecule has 1 aliphatic carbocycles. The molecule has 22 heavy (non-hydrogen) atoms. The van der Waals surface area contributed by atoms with E-state index in [1.807, 2.05) is 0 Å². The average molecular weight is 311 g/mol. The molecule has 5 fully saturated rings. The molecule has 1 N–H and O–H groups in total. The van der Waals surface area contributed by atoms with Crippen molar-refractivity contribution in [3.8, 4) is 0 Å². The van der Waals surface area contributed by atoms with Crippen LogP contribution >= 0.6 is 0 Å². The minimum Gasteiger partial charge on any atom is -0.390 e. The molecule has 4 heterocycles. The zero-order valence-corrected chi connectivity index (χ0v) is 13.7. The van der Waals surface area contributed by atoms with E-state index in [4.69, 9.17) is 14.2 Å². The molecule has 0 aromatic heterocycles. The van der Waals surface area contributed by atoms with Gasteiger partial charge in [0.15, 0.2) is 12.6 Å². The van der Waals surface area contributed by atoms with Gasteiger partial charge in [-0.25, -0.2) is 0 Å².